The van der Waals surface area contributed by atoms with Crippen molar-refractivity contribution >= 4 is 21.8 Å². The molecule has 1 N–H and O–H groups in total. The van der Waals surface area contributed by atoms with Crippen LogP contribution in [-0.2, 0) is 0 Å². The standard InChI is InChI=1S/C14H19BrN2/c1-10-8-12(9-11(2)13(10)15)14(16)17-6-4-3-5-7-17/h8-9,16H,3-7H2,1-2H3. The third kappa shape index (κ3) is 2.71. The summed E-state index contributed by atoms with van der Waals surface area (Å²) in [6.45, 7) is 6.24. The fraction of sp³-hybridized carbons (Fsp3) is 0.500. The van der Waals surface area contributed by atoms with Crippen LogP contribution >= 0.6 is 15.9 Å². The van der Waals surface area contributed by atoms with Gasteiger partial charge in [-0.25, -0.2) is 0 Å². The van der Waals surface area contributed by atoms with Crippen LogP contribution in [0.5, 0.6) is 0 Å². The molecule has 2 nitrogen and oxygen atoms in total. The van der Waals surface area contributed by atoms with Gasteiger partial charge in [-0.2, -0.15) is 0 Å². The van der Waals surface area contributed by atoms with Crippen molar-refractivity contribution in [3.63, 3.8) is 0 Å². The van der Waals surface area contributed by atoms with Gasteiger partial charge in [0.15, 0.2) is 0 Å². The Kier molecular flexibility index (Phi) is 3.87. The molecule has 1 heterocycles. The lowest BCUT2D eigenvalue weighted by molar-refractivity contribution is 0.341. The molecule has 0 saturated carbocycles. The van der Waals surface area contributed by atoms with Gasteiger partial charge in [0.1, 0.15) is 5.84 Å². The Morgan fingerprint density at radius 3 is 2.18 bits per heavy atom. The number of amidine groups is 1. The van der Waals surface area contributed by atoms with Crippen molar-refractivity contribution < 1.29 is 0 Å². The quantitative estimate of drug-likeness (QED) is 0.618. The highest BCUT2D eigenvalue weighted by molar-refractivity contribution is 9.10. The maximum Gasteiger partial charge on any atom is 0.128 e. The van der Waals surface area contributed by atoms with E-state index >= 15 is 0 Å². The van der Waals surface area contributed by atoms with Crippen LogP contribution in [0.25, 0.3) is 0 Å². The summed E-state index contributed by atoms with van der Waals surface area (Å²) in [5, 5.41) is 8.30. The number of nitrogens with one attached hydrogen (secondary N) is 1. The third-order valence-electron chi connectivity index (χ3n) is 3.38. The summed E-state index contributed by atoms with van der Waals surface area (Å²) in [5.74, 6) is 0.684. The molecule has 1 aliphatic heterocycles. The predicted octanol–water partition coefficient (Wildman–Crippen LogP) is 3.88. The minimum atomic E-state index is 0.684. The lowest BCUT2D eigenvalue weighted by Gasteiger charge is -2.29. The summed E-state index contributed by atoms with van der Waals surface area (Å²) in [5.41, 5.74) is 3.47. The molecule has 1 aromatic rings. The van der Waals surface area contributed by atoms with Crippen LogP contribution in [0.15, 0.2) is 16.6 Å². The smallest absolute Gasteiger partial charge is 0.128 e. The largest absolute Gasteiger partial charge is 0.357 e. The second kappa shape index (κ2) is 5.21. The lowest BCUT2D eigenvalue weighted by atomic mass is 10.0. The van der Waals surface area contributed by atoms with E-state index in [1.807, 2.05) is 0 Å². The van der Waals surface area contributed by atoms with E-state index in [2.05, 4.69) is 46.8 Å². The molecule has 0 radical (unpaired) electrons. The number of benzene rings is 1. The highest BCUT2D eigenvalue weighted by Crippen LogP contribution is 2.23. The van der Waals surface area contributed by atoms with E-state index in [9.17, 15) is 0 Å². The fourth-order valence-corrected chi connectivity index (χ4v) is 2.61. The van der Waals surface area contributed by atoms with Crippen LogP contribution in [0.4, 0.5) is 0 Å². The summed E-state index contributed by atoms with van der Waals surface area (Å²) in [4.78, 5) is 2.20. The van der Waals surface area contributed by atoms with E-state index in [4.69, 9.17) is 5.41 Å². The third-order valence-corrected chi connectivity index (χ3v) is 4.63. The molecular formula is C14H19BrN2. The summed E-state index contributed by atoms with van der Waals surface area (Å²) in [6, 6.07) is 4.21. The van der Waals surface area contributed by atoms with Crippen LogP contribution < -0.4 is 0 Å². The Bertz CT molecular complexity index is 411. The van der Waals surface area contributed by atoms with E-state index in [0.29, 0.717) is 5.84 Å². The molecule has 1 saturated heterocycles. The molecule has 0 aliphatic carbocycles. The summed E-state index contributed by atoms with van der Waals surface area (Å²) < 4.78 is 1.16. The number of aryl methyl sites for hydroxylation is 2. The van der Waals surface area contributed by atoms with Gasteiger partial charge >= 0.3 is 0 Å². The van der Waals surface area contributed by atoms with Crippen molar-refractivity contribution in [3.05, 3.63) is 33.3 Å². The van der Waals surface area contributed by atoms with Crippen LogP contribution in [0.2, 0.25) is 0 Å². The topological polar surface area (TPSA) is 27.1 Å². The maximum absolute atomic E-state index is 8.30. The Morgan fingerprint density at radius 2 is 1.65 bits per heavy atom. The number of piperidine rings is 1. The monoisotopic (exact) mass is 294 g/mol. The van der Waals surface area contributed by atoms with Crippen LogP contribution in [0.1, 0.15) is 36.0 Å². The first-order valence-electron chi connectivity index (χ1n) is 6.20. The number of likely N-dealkylation sites (tertiary alicyclic amines) is 1. The van der Waals surface area contributed by atoms with E-state index in [1.54, 1.807) is 0 Å². The van der Waals surface area contributed by atoms with E-state index in [0.717, 1.165) is 23.1 Å². The molecule has 17 heavy (non-hydrogen) atoms. The average Bonchev–Trinajstić information content (AvgIpc) is 2.35. The van der Waals surface area contributed by atoms with Gasteiger partial charge in [0.25, 0.3) is 0 Å². The van der Waals surface area contributed by atoms with Crippen molar-refractivity contribution in [1.29, 1.82) is 5.41 Å². The van der Waals surface area contributed by atoms with E-state index in [1.165, 1.54) is 30.4 Å². The van der Waals surface area contributed by atoms with Gasteiger partial charge in [0, 0.05) is 23.1 Å². The zero-order valence-corrected chi connectivity index (χ0v) is 12.1. The molecule has 1 aromatic carbocycles. The Hall–Kier alpha value is -0.830. The van der Waals surface area contributed by atoms with Gasteiger partial charge in [0.05, 0.1) is 0 Å². The Labute approximate surface area is 112 Å². The van der Waals surface area contributed by atoms with Crippen molar-refractivity contribution in [1.82, 2.24) is 4.90 Å². The molecule has 0 spiro atoms. The van der Waals surface area contributed by atoms with E-state index < -0.39 is 0 Å². The highest BCUT2D eigenvalue weighted by atomic mass is 79.9. The van der Waals surface area contributed by atoms with Gasteiger partial charge in [-0.1, -0.05) is 15.9 Å². The molecule has 1 aliphatic rings. The summed E-state index contributed by atoms with van der Waals surface area (Å²) >= 11 is 3.57. The van der Waals surface area contributed by atoms with Gasteiger partial charge in [0.2, 0.25) is 0 Å². The van der Waals surface area contributed by atoms with Crippen LogP contribution in [0.3, 0.4) is 0 Å². The number of nitrogens with zero attached hydrogens (tertiary/aromatic N) is 1. The van der Waals surface area contributed by atoms with E-state index in [-0.39, 0.29) is 0 Å². The first-order chi connectivity index (χ1) is 8.09. The maximum atomic E-state index is 8.30. The van der Waals surface area contributed by atoms with Crippen molar-refractivity contribution in [3.8, 4) is 0 Å². The van der Waals surface area contributed by atoms with Gasteiger partial charge in [-0.05, 0) is 56.4 Å². The minimum Gasteiger partial charge on any atom is -0.357 e. The summed E-state index contributed by atoms with van der Waals surface area (Å²) in [6.07, 6.45) is 3.75. The molecule has 0 amide bonds. The molecule has 0 bridgehead atoms. The second-order valence-corrected chi connectivity index (χ2v) is 5.61. The van der Waals surface area contributed by atoms with Crippen LogP contribution in [0, 0.1) is 19.3 Å². The molecular weight excluding hydrogens is 276 g/mol. The normalized spacial score (nSPS) is 16.1. The van der Waals surface area contributed by atoms with Crippen molar-refractivity contribution in [2.75, 3.05) is 13.1 Å². The average molecular weight is 295 g/mol. The summed E-state index contributed by atoms with van der Waals surface area (Å²) in [7, 11) is 0. The van der Waals surface area contributed by atoms with Crippen molar-refractivity contribution in [2.24, 2.45) is 0 Å². The highest BCUT2D eigenvalue weighted by Gasteiger charge is 2.16. The number of hydrogen-bond donors (Lipinski definition) is 1. The predicted molar refractivity (Wildman–Crippen MR) is 75.9 cm³/mol. The molecule has 0 aromatic heterocycles. The van der Waals surface area contributed by atoms with Gasteiger partial charge in [-0.15, -0.1) is 0 Å². The SMILES string of the molecule is Cc1cc(C(=N)N2CCCCC2)cc(C)c1Br. The van der Waals surface area contributed by atoms with Gasteiger partial charge < -0.3 is 4.90 Å². The molecule has 0 atom stereocenters. The minimum absolute atomic E-state index is 0.684. The van der Waals surface area contributed by atoms with Crippen LogP contribution in [-0.4, -0.2) is 23.8 Å². The number of hydrogen-bond acceptors (Lipinski definition) is 1. The molecule has 2 rings (SSSR count). The molecule has 92 valence electrons. The lowest BCUT2D eigenvalue weighted by Crippen LogP contribution is -2.35. The Morgan fingerprint density at radius 1 is 1.12 bits per heavy atom. The first kappa shape index (κ1) is 12.6. The molecule has 0 unspecified atom stereocenters. The Balaban J connectivity index is 2.24. The van der Waals surface area contributed by atoms with Gasteiger partial charge in [-0.3, -0.25) is 5.41 Å². The molecule has 3 heteroatoms. The van der Waals surface area contributed by atoms with Crippen molar-refractivity contribution in [2.45, 2.75) is 33.1 Å². The zero-order valence-electron chi connectivity index (χ0n) is 10.5. The first-order valence-corrected chi connectivity index (χ1v) is 6.99. The zero-order chi connectivity index (χ0) is 12.4. The fourth-order valence-electron chi connectivity index (χ4n) is 2.38. The second-order valence-electron chi connectivity index (χ2n) is 4.82. The molecule has 1 fully saturated rings. The number of halogens is 1. The number of rotatable bonds is 1.